The van der Waals surface area contributed by atoms with E-state index in [1.54, 1.807) is 0 Å². The lowest BCUT2D eigenvalue weighted by Gasteiger charge is -2.40. The Morgan fingerprint density at radius 1 is 1.32 bits per heavy atom. The molecule has 0 spiro atoms. The van der Waals surface area contributed by atoms with Gasteiger partial charge in [0, 0.05) is 51.9 Å². The largest absolute Gasteiger partial charge is 0.390 e. The maximum Gasteiger partial charge on any atom is 0.0793 e. The van der Waals surface area contributed by atoms with E-state index >= 15 is 0 Å². The molecule has 19 heavy (non-hydrogen) atoms. The summed E-state index contributed by atoms with van der Waals surface area (Å²) in [6.45, 7) is 11.8. The zero-order chi connectivity index (χ0) is 13.7. The van der Waals surface area contributed by atoms with Gasteiger partial charge in [-0.05, 0) is 13.3 Å². The maximum atomic E-state index is 10.3. The van der Waals surface area contributed by atoms with Gasteiger partial charge < -0.3 is 15.2 Å². The van der Waals surface area contributed by atoms with Gasteiger partial charge >= 0.3 is 0 Å². The molecular weight excluding hydrogens is 242 g/mol. The summed E-state index contributed by atoms with van der Waals surface area (Å²) in [5.74, 6) is 0. The molecule has 2 N–H and O–H groups in total. The second-order valence-electron chi connectivity index (χ2n) is 5.86. The summed E-state index contributed by atoms with van der Waals surface area (Å²) in [5.41, 5.74) is 0. The van der Waals surface area contributed by atoms with Crippen LogP contribution in [0.5, 0.6) is 0 Å². The van der Waals surface area contributed by atoms with Crippen molar-refractivity contribution in [3.05, 3.63) is 0 Å². The van der Waals surface area contributed by atoms with Crippen molar-refractivity contribution in [2.75, 3.05) is 52.4 Å². The molecule has 0 bridgehead atoms. The van der Waals surface area contributed by atoms with Crippen LogP contribution in [0.25, 0.3) is 0 Å². The van der Waals surface area contributed by atoms with Crippen LogP contribution in [0.1, 0.15) is 20.3 Å². The van der Waals surface area contributed by atoms with Gasteiger partial charge in [0.15, 0.2) is 0 Å². The molecule has 0 amide bonds. The molecule has 2 rings (SSSR count). The molecule has 0 aromatic rings. The van der Waals surface area contributed by atoms with Crippen LogP contribution in [0.2, 0.25) is 0 Å². The SMILES string of the molecule is CCC1COC(C)CN1CC(O)CN1CCNCC1. The van der Waals surface area contributed by atoms with Crippen LogP contribution in [0, 0.1) is 0 Å². The summed E-state index contributed by atoms with van der Waals surface area (Å²) in [6.07, 6.45) is 1.12. The number of piperazine rings is 1. The molecule has 0 aliphatic carbocycles. The number of aliphatic hydroxyl groups is 1. The first-order chi connectivity index (χ1) is 9.19. The Morgan fingerprint density at radius 2 is 2.05 bits per heavy atom. The van der Waals surface area contributed by atoms with Crippen LogP contribution in [0.3, 0.4) is 0 Å². The third-order valence-electron chi connectivity index (χ3n) is 4.18. The zero-order valence-corrected chi connectivity index (χ0v) is 12.3. The smallest absolute Gasteiger partial charge is 0.0793 e. The lowest BCUT2D eigenvalue weighted by atomic mass is 10.1. The van der Waals surface area contributed by atoms with Crippen molar-refractivity contribution in [3.63, 3.8) is 0 Å². The molecule has 0 saturated carbocycles. The van der Waals surface area contributed by atoms with Gasteiger partial charge in [-0.15, -0.1) is 0 Å². The molecule has 3 atom stereocenters. The maximum absolute atomic E-state index is 10.3. The first-order valence-electron chi connectivity index (χ1n) is 7.65. The monoisotopic (exact) mass is 271 g/mol. The molecule has 2 aliphatic heterocycles. The van der Waals surface area contributed by atoms with E-state index in [0.29, 0.717) is 6.04 Å². The summed E-state index contributed by atoms with van der Waals surface area (Å²) in [7, 11) is 0. The fraction of sp³-hybridized carbons (Fsp3) is 1.00. The van der Waals surface area contributed by atoms with Crippen molar-refractivity contribution in [1.29, 1.82) is 0 Å². The van der Waals surface area contributed by atoms with E-state index in [4.69, 9.17) is 4.74 Å². The molecule has 0 aromatic carbocycles. The number of nitrogens with one attached hydrogen (secondary N) is 1. The van der Waals surface area contributed by atoms with Crippen molar-refractivity contribution >= 4 is 0 Å². The fourth-order valence-electron chi connectivity index (χ4n) is 3.03. The average Bonchev–Trinajstić information content (AvgIpc) is 2.40. The van der Waals surface area contributed by atoms with Crippen LogP contribution in [-0.2, 0) is 4.74 Å². The minimum Gasteiger partial charge on any atom is -0.390 e. The van der Waals surface area contributed by atoms with E-state index in [1.807, 2.05) is 0 Å². The standard InChI is InChI=1S/C14H29N3O2/c1-3-13-11-19-12(2)8-17(13)10-14(18)9-16-6-4-15-5-7-16/h12-15,18H,3-11H2,1-2H3. The van der Waals surface area contributed by atoms with Crippen molar-refractivity contribution < 1.29 is 9.84 Å². The van der Waals surface area contributed by atoms with Gasteiger partial charge in [0.1, 0.15) is 0 Å². The van der Waals surface area contributed by atoms with Gasteiger partial charge in [0.25, 0.3) is 0 Å². The highest BCUT2D eigenvalue weighted by molar-refractivity contribution is 4.81. The molecule has 5 nitrogen and oxygen atoms in total. The van der Waals surface area contributed by atoms with Crippen LogP contribution in [0.15, 0.2) is 0 Å². The molecular formula is C14H29N3O2. The molecule has 2 heterocycles. The molecule has 0 radical (unpaired) electrons. The molecule has 0 aromatic heterocycles. The summed E-state index contributed by atoms with van der Waals surface area (Å²) in [5, 5.41) is 13.6. The Labute approximate surface area is 116 Å². The minimum absolute atomic E-state index is 0.252. The lowest BCUT2D eigenvalue weighted by molar-refractivity contribution is -0.0702. The summed E-state index contributed by atoms with van der Waals surface area (Å²) in [4.78, 5) is 4.76. The van der Waals surface area contributed by atoms with Gasteiger partial charge in [0.2, 0.25) is 0 Å². The van der Waals surface area contributed by atoms with Crippen molar-refractivity contribution in [1.82, 2.24) is 15.1 Å². The third-order valence-corrected chi connectivity index (χ3v) is 4.18. The van der Waals surface area contributed by atoms with Crippen molar-refractivity contribution in [2.45, 2.75) is 38.5 Å². The van der Waals surface area contributed by atoms with E-state index in [-0.39, 0.29) is 12.2 Å². The Hall–Kier alpha value is -0.200. The van der Waals surface area contributed by atoms with Gasteiger partial charge in [0.05, 0.1) is 18.8 Å². The highest BCUT2D eigenvalue weighted by Gasteiger charge is 2.27. The van der Waals surface area contributed by atoms with Crippen molar-refractivity contribution in [2.24, 2.45) is 0 Å². The van der Waals surface area contributed by atoms with E-state index < -0.39 is 0 Å². The van der Waals surface area contributed by atoms with E-state index in [9.17, 15) is 5.11 Å². The number of hydrogen-bond acceptors (Lipinski definition) is 5. The van der Waals surface area contributed by atoms with Crippen LogP contribution >= 0.6 is 0 Å². The zero-order valence-electron chi connectivity index (χ0n) is 12.3. The highest BCUT2D eigenvalue weighted by Crippen LogP contribution is 2.15. The van der Waals surface area contributed by atoms with Gasteiger partial charge in [-0.25, -0.2) is 0 Å². The number of hydrogen-bond donors (Lipinski definition) is 2. The third kappa shape index (κ3) is 4.68. The van der Waals surface area contributed by atoms with Gasteiger partial charge in [-0.1, -0.05) is 6.92 Å². The first kappa shape index (κ1) is 15.2. The Morgan fingerprint density at radius 3 is 2.74 bits per heavy atom. The number of nitrogens with zero attached hydrogens (tertiary/aromatic N) is 2. The molecule has 2 aliphatic rings. The number of rotatable bonds is 5. The van der Waals surface area contributed by atoms with Crippen LogP contribution in [-0.4, -0.2) is 85.6 Å². The topological polar surface area (TPSA) is 48.0 Å². The Kier molecular flexibility index (Phi) is 6.04. The summed E-state index contributed by atoms with van der Waals surface area (Å²) in [6, 6.07) is 0.467. The second kappa shape index (κ2) is 7.55. The normalized spacial score (nSPS) is 32.4. The molecule has 2 fully saturated rings. The van der Waals surface area contributed by atoms with Gasteiger partial charge in [-0.2, -0.15) is 0 Å². The fourth-order valence-corrected chi connectivity index (χ4v) is 3.03. The van der Waals surface area contributed by atoms with E-state index in [2.05, 4.69) is 29.0 Å². The number of ether oxygens (including phenoxy) is 1. The van der Waals surface area contributed by atoms with Crippen molar-refractivity contribution in [3.8, 4) is 0 Å². The van der Waals surface area contributed by atoms with E-state index in [1.165, 1.54) is 0 Å². The van der Waals surface area contributed by atoms with E-state index in [0.717, 1.165) is 58.8 Å². The number of β-amino-alcohol motifs (C(OH)–C–C–N with tert-alkyl or cyclic N) is 1. The minimum atomic E-state index is -0.252. The Bertz CT molecular complexity index is 259. The molecule has 5 heteroatoms. The molecule has 2 saturated heterocycles. The number of aliphatic hydroxyl groups excluding tert-OH is 1. The second-order valence-corrected chi connectivity index (χ2v) is 5.86. The van der Waals surface area contributed by atoms with Crippen LogP contribution < -0.4 is 5.32 Å². The summed E-state index contributed by atoms with van der Waals surface area (Å²) < 4.78 is 5.70. The quantitative estimate of drug-likeness (QED) is 0.722. The Balaban J connectivity index is 1.77. The number of morpholine rings is 1. The summed E-state index contributed by atoms with van der Waals surface area (Å²) >= 11 is 0. The van der Waals surface area contributed by atoms with Crippen LogP contribution in [0.4, 0.5) is 0 Å². The molecule has 3 unspecified atom stereocenters. The first-order valence-corrected chi connectivity index (χ1v) is 7.65. The average molecular weight is 271 g/mol. The lowest BCUT2D eigenvalue weighted by Crippen LogP contribution is -2.53. The predicted molar refractivity (Wildman–Crippen MR) is 76.4 cm³/mol. The highest BCUT2D eigenvalue weighted by atomic mass is 16.5. The predicted octanol–water partition coefficient (Wildman–Crippen LogP) is -0.248. The molecule has 112 valence electrons. The van der Waals surface area contributed by atoms with Gasteiger partial charge in [-0.3, -0.25) is 9.80 Å².